The zero-order chi connectivity index (χ0) is 22.4. The van der Waals surface area contributed by atoms with Crippen molar-refractivity contribution in [3.63, 3.8) is 0 Å². The van der Waals surface area contributed by atoms with E-state index in [0.717, 1.165) is 41.4 Å². The molecule has 4 aliphatic carbocycles. The molecular weight excluding hydrogens is 404 g/mol. The summed E-state index contributed by atoms with van der Waals surface area (Å²) in [6, 6.07) is 0. The lowest BCUT2D eigenvalue weighted by atomic mass is 9.44. The molecule has 1 N–H and O–H groups in total. The van der Waals surface area contributed by atoms with Crippen LogP contribution in [0.5, 0.6) is 0 Å². The Balaban J connectivity index is 1.44. The van der Waals surface area contributed by atoms with Gasteiger partial charge in [0.15, 0.2) is 0 Å². The Kier molecular flexibility index (Phi) is 6.55. The topological polar surface area (TPSA) is 54.4 Å². The van der Waals surface area contributed by atoms with E-state index in [1.165, 1.54) is 64.2 Å². The third-order valence-corrected chi connectivity index (χ3v) is 11.2. The first kappa shape index (κ1) is 23.5. The first-order chi connectivity index (χ1) is 14.5. The highest BCUT2D eigenvalue weighted by Gasteiger charge is 2.59. The highest BCUT2D eigenvalue weighted by atomic mass is 32.2. The molecule has 176 valence electrons. The van der Waals surface area contributed by atoms with Gasteiger partial charge in [-0.15, -0.1) is 0 Å². The summed E-state index contributed by atoms with van der Waals surface area (Å²) in [5, 5.41) is 0.935. The van der Waals surface area contributed by atoms with Crippen LogP contribution in [0.25, 0.3) is 0 Å². The van der Waals surface area contributed by atoms with Crippen molar-refractivity contribution < 1.29 is 13.0 Å². The molecule has 0 aromatic rings. The summed E-state index contributed by atoms with van der Waals surface area (Å²) in [6.45, 7) is 9.41. The summed E-state index contributed by atoms with van der Waals surface area (Å²) in [7, 11) is -4.05. The molecule has 0 amide bonds. The lowest BCUT2D eigenvalue weighted by molar-refractivity contribution is -0.114. The van der Waals surface area contributed by atoms with Crippen LogP contribution in [0, 0.1) is 46.3 Å². The summed E-state index contributed by atoms with van der Waals surface area (Å²) in [5.41, 5.74) is 1.68. The van der Waals surface area contributed by atoms with Crippen molar-refractivity contribution in [2.45, 2.75) is 98.3 Å². The van der Waals surface area contributed by atoms with Crippen LogP contribution in [0.4, 0.5) is 0 Å². The Bertz CT molecular complexity index is 827. The Morgan fingerprint density at radius 1 is 1.00 bits per heavy atom. The van der Waals surface area contributed by atoms with E-state index in [0.29, 0.717) is 22.3 Å². The lowest BCUT2D eigenvalue weighted by Gasteiger charge is -2.61. The van der Waals surface area contributed by atoms with E-state index >= 15 is 0 Å². The summed E-state index contributed by atoms with van der Waals surface area (Å²) in [5.74, 6) is 5.20. The summed E-state index contributed by atoms with van der Waals surface area (Å²) in [6.07, 6.45) is 19.4. The van der Waals surface area contributed by atoms with Gasteiger partial charge in [0.2, 0.25) is 0 Å². The fraction of sp³-hybridized carbons (Fsp3) is 0.852. The second-order valence-electron chi connectivity index (χ2n) is 12.1. The van der Waals surface area contributed by atoms with Crippen molar-refractivity contribution in [3.8, 4) is 0 Å². The molecule has 1 unspecified atom stereocenters. The molecule has 0 radical (unpaired) electrons. The minimum atomic E-state index is -4.05. The van der Waals surface area contributed by atoms with Crippen LogP contribution < -0.4 is 0 Å². The molecule has 3 nitrogen and oxygen atoms in total. The Labute approximate surface area is 190 Å². The quantitative estimate of drug-likeness (QED) is 0.352. The van der Waals surface area contributed by atoms with Crippen LogP contribution in [0.2, 0.25) is 0 Å². The third kappa shape index (κ3) is 4.45. The van der Waals surface area contributed by atoms with Crippen LogP contribution in [0.15, 0.2) is 23.1 Å². The minimum absolute atomic E-state index is 0.478. The maximum absolute atomic E-state index is 11.0. The van der Waals surface area contributed by atoms with Gasteiger partial charge >= 0.3 is 0 Å². The van der Waals surface area contributed by atoms with Crippen molar-refractivity contribution in [2.75, 3.05) is 0 Å². The third-order valence-electron chi connectivity index (χ3n) is 10.6. The van der Waals surface area contributed by atoms with Gasteiger partial charge in [0.25, 0.3) is 10.1 Å². The van der Waals surface area contributed by atoms with E-state index in [1.54, 1.807) is 6.92 Å². The zero-order valence-corrected chi connectivity index (χ0v) is 21.0. The van der Waals surface area contributed by atoms with Crippen LogP contribution >= 0.6 is 0 Å². The van der Waals surface area contributed by atoms with Gasteiger partial charge in [-0.3, -0.25) is 4.55 Å². The molecule has 0 aromatic heterocycles. The van der Waals surface area contributed by atoms with Gasteiger partial charge in [-0.2, -0.15) is 8.42 Å². The molecule has 4 aliphatic rings. The molecule has 4 rings (SSSR count). The smallest absolute Gasteiger partial charge is 0.282 e. The SMILES string of the molecule is CC(C=CC[C@@H](C)[C@H]1CC[C@H]2[C@@H]3CCC4CCCC[C@]4(C)[C@H]3CC[C@]12C)=CS(=O)(=O)O. The summed E-state index contributed by atoms with van der Waals surface area (Å²) < 4.78 is 31.0. The average molecular weight is 449 g/mol. The molecule has 4 heteroatoms. The van der Waals surface area contributed by atoms with Crippen LogP contribution in [0.1, 0.15) is 98.3 Å². The Morgan fingerprint density at radius 2 is 1.74 bits per heavy atom. The fourth-order valence-corrected chi connectivity index (χ4v) is 9.73. The van der Waals surface area contributed by atoms with E-state index in [9.17, 15) is 8.42 Å². The molecule has 0 saturated heterocycles. The normalized spacial score (nSPS) is 44.5. The predicted molar refractivity (Wildman–Crippen MR) is 128 cm³/mol. The zero-order valence-electron chi connectivity index (χ0n) is 20.1. The van der Waals surface area contributed by atoms with Crippen LogP contribution in [0.3, 0.4) is 0 Å². The predicted octanol–water partition coefficient (Wildman–Crippen LogP) is 7.41. The molecule has 0 bridgehead atoms. The van der Waals surface area contributed by atoms with Crippen molar-refractivity contribution in [1.29, 1.82) is 0 Å². The second kappa shape index (κ2) is 8.63. The standard InChI is InChI=1S/C27H44O3S/c1-19(18-31(28,29)30)8-7-9-20(2)23-13-14-24-22-12-11-21-10-5-6-16-26(21,3)25(22)15-17-27(23,24)4/h7-8,18,20-25H,5-6,9-17H2,1-4H3,(H,28,29,30)/t20-,21?,22+,23-,24+,25+,26+,27-/m1/s1. The molecule has 0 aliphatic heterocycles. The van der Waals surface area contributed by atoms with Gasteiger partial charge in [-0.1, -0.05) is 45.8 Å². The number of hydrogen-bond donors (Lipinski definition) is 1. The highest BCUT2D eigenvalue weighted by molar-refractivity contribution is 7.88. The molecule has 0 spiro atoms. The number of rotatable bonds is 5. The Hall–Kier alpha value is -0.610. The van der Waals surface area contributed by atoms with Crippen molar-refractivity contribution in [2.24, 2.45) is 46.3 Å². The van der Waals surface area contributed by atoms with Gasteiger partial charge in [-0.05, 0) is 117 Å². The van der Waals surface area contributed by atoms with E-state index < -0.39 is 10.1 Å². The molecule has 4 saturated carbocycles. The Morgan fingerprint density at radius 3 is 2.48 bits per heavy atom. The van der Waals surface area contributed by atoms with Crippen molar-refractivity contribution in [3.05, 3.63) is 23.1 Å². The average Bonchev–Trinajstić information content (AvgIpc) is 3.03. The second-order valence-corrected chi connectivity index (χ2v) is 13.4. The molecule has 8 atom stereocenters. The van der Waals surface area contributed by atoms with Gasteiger partial charge in [0.05, 0.1) is 5.41 Å². The maximum Gasteiger partial charge on any atom is 0.287 e. The fourth-order valence-electron chi connectivity index (χ4n) is 9.18. The van der Waals surface area contributed by atoms with Gasteiger partial charge in [0, 0.05) is 0 Å². The first-order valence-corrected chi connectivity index (χ1v) is 14.4. The summed E-state index contributed by atoms with van der Waals surface area (Å²) in [4.78, 5) is 0. The van der Waals surface area contributed by atoms with E-state index in [1.807, 2.05) is 6.08 Å². The molecular formula is C27H44O3S. The number of hydrogen-bond acceptors (Lipinski definition) is 2. The van der Waals surface area contributed by atoms with Gasteiger partial charge in [0.1, 0.15) is 0 Å². The maximum atomic E-state index is 11.0. The molecule has 0 heterocycles. The minimum Gasteiger partial charge on any atom is -0.282 e. The van der Waals surface area contributed by atoms with Crippen LogP contribution in [-0.4, -0.2) is 13.0 Å². The lowest BCUT2D eigenvalue weighted by Crippen LogP contribution is -2.53. The van der Waals surface area contributed by atoms with Gasteiger partial charge < -0.3 is 0 Å². The molecule has 0 aromatic carbocycles. The van der Waals surface area contributed by atoms with E-state index in [-0.39, 0.29) is 0 Å². The van der Waals surface area contributed by atoms with E-state index in [4.69, 9.17) is 4.55 Å². The molecule has 4 fully saturated rings. The molecule has 31 heavy (non-hydrogen) atoms. The number of allylic oxidation sites excluding steroid dienone is 3. The number of fused-ring (bicyclic) bond motifs is 5. The van der Waals surface area contributed by atoms with Crippen molar-refractivity contribution in [1.82, 2.24) is 0 Å². The van der Waals surface area contributed by atoms with E-state index in [2.05, 4.69) is 26.8 Å². The van der Waals surface area contributed by atoms with Crippen molar-refractivity contribution >= 4 is 10.1 Å². The monoisotopic (exact) mass is 448 g/mol. The summed E-state index contributed by atoms with van der Waals surface area (Å²) >= 11 is 0. The largest absolute Gasteiger partial charge is 0.287 e. The van der Waals surface area contributed by atoms with Gasteiger partial charge in [-0.25, -0.2) is 0 Å². The van der Waals surface area contributed by atoms with Crippen LogP contribution in [-0.2, 0) is 10.1 Å². The highest BCUT2D eigenvalue weighted by Crippen LogP contribution is 2.68. The first-order valence-electron chi connectivity index (χ1n) is 12.9.